The van der Waals surface area contributed by atoms with Crippen LogP contribution < -0.4 is 10.6 Å². The maximum absolute atomic E-state index is 13.6. The van der Waals surface area contributed by atoms with Gasteiger partial charge in [-0.2, -0.15) is 0 Å². The molecule has 2 amide bonds. The minimum Gasteiger partial charge on any atom is -0.481 e. The van der Waals surface area contributed by atoms with Gasteiger partial charge in [0.2, 0.25) is 0 Å². The molecule has 3 N–H and O–H groups in total. The van der Waals surface area contributed by atoms with E-state index in [1.165, 1.54) is 0 Å². The van der Waals surface area contributed by atoms with Gasteiger partial charge in [-0.25, -0.2) is 4.79 Å². The summed E-state index contributed by atoms with van der Waals surface area (Å²) >= 11 is 0. The van der Waals surface area contributed by atoms with Crippen LogP contribution >= 0.6 is 0 Å². The van der Waals surface area contributed by atoms with Crippen LogP contribution in [0.5, 0.6) is 0 Å². The Kier molecular flexibility index (Phi) is 11.5. The Labute approximate surface area is 291 Å². The molecule has 8 heteroatoms. The number of fused-ring (bicyclic) bond motifs is 1. The maximum atomic E-state index is 13.6. The first-order valence-corrected chi connectivity index (χ1v) is 17.8. The van der Waals surface area contributed by atoms with Gasteiger partial charge in [0.1, 0.15) is 5.60 Å². The number of carboxylic acid groups (broad SMARTS) is 1. The van der Waals surface area contributed by atoms with Crippen LogP contribution in [0.4, 0.5) is 10.5 Å². The Hall–Kier alpha value is -4.51. The van der Waals surface area contributed by atoms with E-state index in [1.54, 1.807) is 4.90 Å². The van der Waals surface area contributed by atoms with Crippen molar-refractivity contribution in [1.29, 1.82) is 0 Å². The zero-order valence-electron chi connectivity index (χ0n) is 29.6. The van der Waals surface area contributed by atoms with Crippen LogP contribution in [0.15, 0.2) is 54.6 Å². The molecule has 1 saturated heterocycles. The normalized spacial score (nSPS) is 18.5. The van der Waals surface area contributed by atoms with Gasteiger partial charge in [-0.15, -0.1) is 0 Å². The molecule has 8 nitrogen and oxygen atoms in total. The van der Waals surface area contributed by atoms with Crippen molar-refractivity contribution in [3.05, 3.63) is 76.9 Å². The van der Waals surface area contributed by atoms with E-state index in [2.05, 4.69) is 46.7 Å². The van der Waals surface area contributed by atoms with Crippen LogP contribution in [-0.2, 0) is 9.53 Å². The number of aliphatic carboxylic acids is 1. The lowest BCUT2D eigenvalue weighted by Gasteiger charge is -2.40. The van der Waals surface area contributed by atoms with Crippen molar-refractivity contribution in [3.8, 4) is 11.8 Å². The molecule has 1 aliphatic carbocycles. The molecule has 1 aliphatic heterocycles. The molecular weight excluding hydrogens is 614 g/mol. The number of carbonyl (C=O) groups excluding carboxylic acids is 2. The highest BCUT2D eigenvalue weighted by Crippen LogP contribution is 2.33. The molecule has 1 atom stereocenters. The molecule has 260 valence electrons. The summed E-state index contributed by atoms with van der Waals surface area (Å²) in [5, 5.41) is 17.7. The average molecular weight is 666 g/mol. The van der Waals surface area contributed by atoms with Gasteiger partial charge in [-0.3, -0.25) is 9.59 Å². The maximum Gasteiger partial charge on any atom is 0.410 e. The monoisotopic (exact) mass is 665 g/mol. The molecule has 0 radical (unpaired) electrons. The van der Waals surface area contributed by atoms with Gasteiger partial charge in [0.25, 0.3) is 5.91 Å². The van der Waals surface area contributed by atoms with Crippen LogP contribution in [0.2, 0.25) is 0 Å². The third-order valence-electron chi connectivity index (χ3n) is 9.67. The number of nitrogens with one attached hydrogen (secondary N) is 2. The molecular formula is C41H51N3O5. The smallest absolute Gasteiger partial charge is 0.410 e. The third-order valence-corrected chi connectivity index (χ3v) is 9.67. The predicted molar refractivity (Wildman–Crippen MR) is 195 cm³/mol. The first-order valence-electron chi connectivity index (χ1n) is 17.8. The number of carboxylic acids is 1. The number of anilines is 1. The van der Waals surface area contributed by atoms with Gasteiger partial charge in [-0.1, -0.05) is 61.1 Å². The van der Waals surface area contributed by atoms with Crippen LogP contribution in [-0.4, -0.2) is 52.7 Å². The summed E-state index contributed by atoms with van der Waals surface area (Å²) in [6, 6.07) is 18.1. The number of likely N-dealkylation sites (tertiary alicyclic amines) is 1. The summed E-state index contributed by atoms with van der Waals surface area (Å²) in [7, 11) is 0. The summed E-state index contributed by atoms with van der Waals surface area (Å²) in [5.74, 6) is 7.27. The van der Waals surface area contributed by atoms with Crippen LogP contribution in [0.1, 0.15) is 112 Å². The molecule has 0 spiro atoms. The number of unbranched alkanes of at least 4 members (excludes halogenated alkanes) is 1. The molecule has 1 saturated carbocycles. The molecule has 2 fully saturated rings. The molecule has 0 unspecified atom stereocenters. The van der Waals surface area contributed by atoms with Gasteiger partial charge in [0.15, 0.2) is 0 Å². The Balaban J connectivity index is 1.19. The van der Waals surface area contributed by atoms with E-state index in [-0.39, 0.29) is 30.5 Å². The number of carbonyl (C=O) groups is 3. The summed E-state index contributed by atoms with van der Waals surface area (Å²) in [5.41, 5.74) is 3.87. The molecule has 3 aromatic carbocycles. The minimum atomic E-state index is -0.704. The number of hydrogen-bond donors (Lipinski definition) is 3. The fourth-order valence-corrected chi connectivity index (χ4v) is 6.88. The highest BCUT2D eigenvalue weighted by atomic mass is 16.6. The second kappa shape index (κ2) is 15.8. The van der Waals surface area contributed by atoms with Gasteiger partial charge in [-0.05, 0) is 113 Å². The Morgan fingerprint density at radius 2 is 1.69 bits per heavy atom. The van der Waals surface area contributed by atoms with Crippen LogP contribution in [0, 0.1) is 30.6 Å². The topological polar surface area (TPSA) is 108 Å². The zero-order valence-corrected chi connectivity index (χ0v) is 29.6. The lowest BCUT2D eigenvalue weighted by Crippen LogP contribution is -2.57. The van der Waals surface area contributed by atoms with Crippen molar-refractivity contribution in [2.24, 2.45) is 11.8 Å². The molecule has 49 heavy (non-hydrogen) atoms. The first-order chi connectivity index (χ1) is 23.4. The number of amides is 2. The zero-order chi connectivity index (χ0) is 35.1. The Morgan fingerprint density at radius 1 is 0.980 bits per heavy atom. The quantitative estimate of drug-likeness (QED) is 0.148. The second-order valence-corrected chi connectivity index (χ2v) is 14.8. The van der Waals surface area contributed by atoms with Crippen molar-refractivity contribution in [1.82, 2.24) is 10.2 Å². The van der Waals surface area contributed by atoms with E-state index in [9.17, 15) is 14.4 Å². The van der Waals surface area contributed by atoms with Crippen molar-refractivity contribution in [3.63, 3.8) is 0 Å². The van der Waals surface area contributed by atoms with Gasteiger partial charge < -0.3 is 25.4 Å². The van der Waals surface area contributed by atoms with E-state index in [4.69, 9.17) is 9.84 Å². The number of rotatable bonds is 10. The standard InChI is InChI=1S/C41H51N3O5/c1-27-14-22-32(43-33-25-44(26-33)40(48)49-41(3,4)5)24-37(27)39(47)42-28(2)34-23-21-31(35-11-7-8-12-36(34)35)20-19-30-17-15-29(16-18-30)10-6-9-13-38(45)46/h7-8,11-12,14,21-24,28-30,33,43H,6,9-10,13,15-18,25-26H2,1-5H3,(H,42,47)(H,45,46)/t28-,29?,30?/m1/s1. The van der Waals surface area contributed by atoms with E-state index in [0.29, 0.717) is 30.5 Å². The Morgan fingerprint density at radius 3 is 2.39 bits per heavy atom. The number of hydrogen-bond acceptors (Lipinski definition) is 5. The number of benzene rings is 3. The minimum absolute atomic E-state index is 0.0925. The summed E-state index contributed by atoms with van der Waals surface area (Å²) in [6.07, 6.45) is 7.35. The number of nitrogens with zero attached hydrogens (tertiary/aromatic N) is 1. The fourth-order valence-electron chi connectivity index (χ4n) is 6.88. The molecule has 5 rings (SSSR count). The molecule has 3 aromatic rings. The van der Waals surface area contributed by atoms with Crippen molar-refractivity contribution in [2.75, 3.05) is 18.4 Å². The lowest BCUT2D eigenvalue weighted by atomic mass is 9.80. The number of aryl methyl sites for hydroxylation is 1. The molecule has 1 heterocycles. The average Bonchev–Trinajstić information content (AvgIpc) is 3.03. The lowest BCUT2D eigenvalue weighted by molar-refractivity contribution is -0.137. The van der Waals surface area contributed by atoms with Crippen LogP contribution in [0.3, 0.4) is 0 Å². The Bertz CT molecular complexity index is 1720. The second-order valence-electron chi connectivity index (χ2n) is 14.8. The SMILES string of the molecule is Cc1ccc(NC2CN(C(=O)OC(C)(C)C)C2)cc1C(=O)N[C@H](C)c1ccc(C#CC2CCC(CCCCC(=O)O)CC2)c2ccccc12. The predicted octanol–water partition coefficient (Wildman–Crippen LogP) is 8.47. The highest BCUT2D eigenvalue weighted by molar-refractivity contribution is 5.97. The van der Waals surface area contributed by atoms with Crippen molar-refractivity contribution >= 4 is 34.4 Å². The van der Waals surface area contributed by atoms with E-state index in [1.807, 2.05) is 65.0 Å². The summed E-state index contributed by atoms with van der Waals surface area (Å²) < 4.78 is 5.46. The third kappa shape index (κ3) is 9.78. The van der Waals surface area contributed by atoms with Crippen LogP contribution in [0.25, 0.3) is 10.8 Å². The van der Waals surface area contributed by atoms with E-state index >= 15 is 0 Å². The van der Waals surface area contributed by atoms with Crippen molar-refractivity contribution < 1.29 is 24.2 Å². The van der Waals surface area contributed by atoms with Gasteiger partial charge in [0, 0.05) is 42.2 Å². The summed E-state index contributed by atoms with van der Waals surface area (Å²) in [4.78, 5) is 38.3. The largest absolute Gasteiger partial charge is 0.481 e. The van der Waals surface area contributed by atoms with E-state index in [0.717, 1.165) is 78.1 Å². The fraction of sp³-hybridized carbons (Fsp3) is 0.488. The summed E-state index contributed by atoms with van der Waals surface area (Å²) in [6.45, 7) is 10.6. The first kappa shape index (κ1) is 35.8. The van der Waals surface area contributed by atoms with E-state index < -0.39 is 11.6 Å². The molecule has 0 aromatic heterocycles. The highest BCUT2D eigenvalue weighted by Gasteiger charge is 2.33. The van der Waals surface area contributed by atoms with Gasteiger partial charge >= 0.3 is 12.1 Å². The molecule has 2 aliphatic rings. The van der Waals surface area contributed by atoms with Gasteiger partial charge in [0.05, 0.1) is 12.1 Å². The van der Waals surface area contributed by atoms with Crippen molar-refractivity contribution in [2.45, 2.75) is 104 Å². The molecule has 0 bridgehead atoms. The number of ether oxygens (including phenoxy) is 1.